The molecule has 0 bridgehead atoms. The van der Waals surface area contributed by atoms with E-state index in [1.165, 1.54) is 6.26 Å². The molecule has 0 aromatic carbocycles. The highest BCUT2D eigenvalue weighted by Gasteiger charge is 2.24. The number of furan rings is 1. The summed E-state index contributed by atoms with van der Waals surface area (Å²) < 4.78 is 9.77. The van der Waals surface area contributed by atoms with E-state index in [1.54, 1.807) is 26.0 Å². The third-order valence-electron chi connectivity index (χ3n) is 2.13. The van der Waals surface area contributed by atoms with E-state index in [4.69, 9.17) is 14.3 Å². The molecule has 0 saturated heterocycles. The van der Waals surface area contributed by atoms with Gasteiger partial charge < -0.3 is 19.6 Å². The van der Waals surface area contributed by atoms with Crippen molar-refractivity contribution in [2.45, 2.75) is 26.5 Å². The van der Waals surface area contributed by atoms with E-state index in [0.717, 1.165) is 0 Å². The largest absolute Gasteiger partial charge is 0.480 e. The first kappa shape index (κ1) is 13.1. The average Bonchev–Trinajstić information content (AvgIpc) is 2.74. The minimum Gasteiger partial charge on any atom is -0.480 e. The Balaban J connectivity index is 2.40. The summed E-state index contributed by atoms with van der Waals surface area (Å²) in [5.41, 5.74) is 0. The second-order valence-corrected chi connectivity index (χ2v) is 3.86. The van der Waals surface area contributed by atoms with Gasteiger partial charge in [0.1, 0.15) is 11.8 Å². The van der Waals surface area contributed by atoms with Crippen LogP contribution in [-0.4, -0.2) is 23.2 Å². The molecule has 1 rings (SSSR count). The molecule has 1 heterocycles. The van der Waals surface area contributed by atoms with Gasteiger partial charge in [-0.1, -0.05) is 13.8 Å². The van der Waals surface area contributed by atoms with Gasteiger partial charge in [0.15, 0.2) is 6.61 Å². The summed E-state index contributed by atoms with van der Waals surface area (Å²) in [5.74, 6) is -0.810. The van der Waals surface area contributed by atoms with E-state index in [2.05, 4.69) is 5.32 Å². The molecular weight excluding hydrogens is 226 g/mol. The number of carbonyl (C=O) groups is 2. The normalized spacial score (nSPS) is 12.2. The first-order valence-electron chi connectivity index (χ1n) is 5.19. The maximum atomic E-state index is 11.3. The van der Waals surface area contributed by atoms with E-state index in [1.807, 2.05) is 0 Å². The third kappa shape index (κ3) is 4.18. The van der Waals surface area contributed by atoms with Gasteiger partial charge in [0.2, 0.25) is 0 Å². The number of hydrogen-bond acceptors (Lipinski definition) is 4. The van der Waals surface area contributed by atoms with Crippen molar-refractivity contribution in [2.75, 3.05) is 0 Å². The summed E-state index contributed by atoms with van der Waals surface area (Å²) in [6.45, 7) is 3.38. The zero-order chi connectivity index (χ0) is 12.8. The maximum absolute atomic E-state index is 11.3. The lowest BCUT2D eigenvalue weighted by molar-refractivity contribution is -0.140. The quantitative estimate of drug-likeness (QED) is 0.817. The standard InChI is InChI=1S/C11H15NO5/c1-7(2)9(10(13)14)12-11(15)17-6-8-4-3-5-16-8/h3-5,7,9H,6H2,1-2H3,(H,12,15)(H,13,14)/t9-/m0/s1. The van der Waals surface area contributed by atoms with Crippen LogP contribution >= 0.6 is 0 Å². The summed E-state index contributed by atoms with van der Waals surface area (Å²) >= 11 is 0. The van der Waals surface area contributed by atoms with Crippen molar-refractivity contribution in [3.63, 3.8) is 0 Å². The number of aliphatic carboxylic acids is 1. The topological polar surface area (TPSA) is 88.8 Å². The Bertz CT molecular complexity index is 371. The van der Waals surface area contributed by atoms with E-state index < -0.39 is 18.1 Å². The summed E-state index contributed by atoms with van der Waals surface area (Å²) in [7, 11) is 0. The van der Waals surface area contributed by atoms with Crippen LogP contribution in [0.2, 0.25) is 0 Å². The first-order valence-corrected chi connectivity index (χ1v) is 5.19. The van der Waals surface area contributed by atoms with Gasteiger partial charge in [-0.05, 0) is 18.1 Å². The highest BCUT2D eigenvalue weighted by molar-refractivity contribution is 5.80. The van der Waals surface area contributed by atoms with Crippen LogP contribution in [0.5, 0.6) is 0 Å². The number of alkyl carbamates (subject to hydrolysis) is 1. The molecule has 2 N–H and O–H groups in total. The van der Waals surface area contributed by atoms with Crippen LogP contribution in [0, 0.1) is 5.92 Å². The van der Waals surface area contributed by atoms with Gasteiger partial charge in [0.25, 0.3) is 0 Å². The zero-order valence-electron chi connectivity index (χ0n) is 9.67. The Labute approximate surface area is 98.6 Å². The molecule has 1 aromatic heterocycles. The van der Waals surface area contributed by atoms with Crippen molar-refractivity contribution in [2.24, 2.45) is 5.92 Å². The summed E-state index contributed by atoms with van der Waals surface area (Å²) in [5, 5.41) is 11.1. The van der Waals surface area contributed by atoms with Crippen molar-refractivity contribution in [1.29, 1.82) is 0 Å². The Kier molecular flexibility index (Phi) is 4.56. The van der Waals surface area contributed by atoms with E-state index in [-0.39, 0.29) is 12.5 Å². The van der Waals surface area contributed by atoms with Gasteiger partial charge in [-0.15, -0.1) is 0 Å². The molecular formula is C11H15NO5. The van der Waals surface area contributed by atoms with Gasteiger partial charge in [-0.3, -0.25) is 0 Å². The third-order valence-corrected chi connectivity index (χ3v) is 2.13. The van der Waals surface area contributed by atoms with E-state index in [0.29, 0.717) is 5.76 Å². The molecule has 94 valence electrons. The minimum atomic E-state index is -1.09. The van der Waals surface area contributed by atoms with Crippen LogP contribution in [0.25, 0.3) is 0 Å². The predicted octanol–water partition coefficient (Wildman–Crippen LogP) is 1.61. The Hall–Kier alpha value is -1.98. The minimum absolute atomic E-state index is 0.0245. The Morgan fingerprint density at radius 1 is 1.53 bits per heavy atom. The van der Waals surface area contributed by atoms with Gasteiger partial charge in [-0.25, -0.2) is 9.59 Å². The molecule has 0 unspecified atom stereocenters. The van der Waals surface area contributed by atoms with Gasteiger partial charge >= 0.3 is 12.1 Å². The number of carboxylic acid groups (broad SMARTS) is 1. The number of carbonyl (C=O) groups excluding carboxylic acids is 1. The number of hydrogen-bond donors (Lipinski definition) is 2. The molecule has 1 atom stereocenters. The fourth-order valence-electron chi connectivity index (χ4n) is 1.21. The van der Waals surface area contributed by atoms with Crippen LogP contribution in [0.3, 0.4) is 0 Å². The van der Waals surface area contributed by atoms with Crippen LogP contribution in [0.1, 0.15) is 19.6 Å². The molecule has 1 amide bonds. The van der Waals surface area contributed by atoms with Crippen LogP contribution < -0.4 is 5.32 Å². The highest BCUT2D eigenvalue weighted by atomic mass is 16.6. The number of ether oxygens (including phenoxy) is 1. The van der Waals surface area contributed by atoms with Gasteiger partial charge in [0.05, 0.1) is 6.26 Å². The molecule has 0 radical (unpaired) electrons. The second kappa shape index (κ2) is 5.93. The lowest BCUT2D eigenvalue weighted by atomic mass is 10.1. The number of carboxylic acids is 1. The van der Waals surface area contributed by atoms with Gasteiger partial charge in [0, 0.05) is 0 Å². The molecule has 6 heteroatoms. The van der Waals surface area contributed by atoms with Crippen molar-refractivity contribution in [1.82, 2.24) is 5.32 Å². The van der Waals surface area contributed by atoms with Gasteiger partial charge in [-0.2, -0.15) is 0 Å². The fraction of sp³-hybridized carbons (Fsp3) is 0.455. The molecule has 6 nitrogen and oxygen atoms in total. The molecule has 0 spiro atoms. The maximum Gasteiger partial charge on any atom is 0.408 e. The van der Waals surface area contributed by atoms with Crippen molar-refractivity contribution in [3.05, 3.63) is 24.2 Å². The van der Waals surface area contributed by atoms with Crippen molar-refractivity contribution >= 4 is 12.1 Å². The lowest BCUT2D eigenvalue weighted by Gasteiger charge is -2.17. The predicted molar refractivity (Wildman–Crippen MR) is 58.3 cm³/mol. The molecule has 0 fully saturated rings. The zero-order valence-corrected chi connectivity index (χ0v) is 9.67. The van der Waals surface area contributed by atoms with Crippen molar-refractivity contribution in [3.8, 4) is 0 Å². The molecule has 1 aromatic rings. The summed E-state index contributed by atoms with van der Waals surface area (Å²) in [6.07, 6.45) is 0.688. The summed E-state index contributed by atoms with van der Waals surface area (Å²) in [4.78, 5) is 22.1. The number of amides is 1. The van der Waals surface area contributed by atoms with Crippen LogP contribution in [-0.2, 0) is 16.1 Å². The Morgan fingerprint density at radius 3 is 2.71 bits per heavy atom. The smallest absolute Gasteiger partial charge is 0.408 e. The molecule has 0 aliphatic carbocycles. The average molecular weight is 241 g/mol. The van der Waals surface area contributed by atoms with E-state index in [9.17, 15) is 9.59 Å². The van der Waals surface area contributed by atoms with Crippen LogP contribution in [0.15, 0.2) is 22.8 Å². The Morgan fingerprint density at radius 2 is 2.24 bits per heavy atom. The SMILES string of the molecule is CC(C)[C@H](NC(=O)OCc1ccco1)C(=O)O. The molecule has 0 aliphatic rings. The van der Waals surface area contributed by atoms with Crippen LogP contribution in [0.4, 0.5) is 4.79 Å². The number of rotatable bonds is 5. The fourth-order valence-corrected chi connectivity index (χ4v) is 1.21. The molecule has 0 saturated carbocycles. The molecule has 0 aliphatic heterocycles. The first-order chi connectivity index (χ1) is 8.00. The second-order valence-electron chi connectivity index (χ2n) is 3.86. The van der Waals surface area contributed by atoms with E-state index >= 15 is 0 Å². The monoisotopic (exact) mass is 241 g/mol. The molecule has 17 heavy (non-hydrogen) atoms. The summed E-state index contributed by atoms with van der Waals surface area (Å²) in [6, 6.07) is 2.37. The lowest BCUT2D eigenvalue weighted by Crippen LogP contribution is -2.44. The highest BCUT2D eigenvalue weighted by Crippen LogP contribution is 2.04. The number of nitrogens with one attached hydrogen (secondary N) is 1. The van der Waals surface area contributed by atoms with Crippen molar-refractivity contribution < 1.29 is 23.8 Å².